The molecule has 34 heavy (non-hydrogen) atoms. The number of nitrogens with zero attached hydrogens (tertiary/aromatic N) is 2. The van der Waals surface area contributed by atoms with Gasteiger partial charge in [0.2, 0.25) is 0 Å². The summed E-state index contributed by atoms with van der Waals surface area (Å²) in [7, 11) is 0. The highest BCUT2D eigenvalue weighted by Crippen LogP contribution is 2.26. The molecule has 7 nitrogen and oxygen atoms in total. The molecule has 0 aliphatic carbocycles. The van der Waals surface area contributed by atoms with E-state index in [-0.39, 0.29) is 6.04 Å². The molecule has 1 heterocycles. The molecule has 178 valence electrons. The predicted molar refractivity (Wildman–Crippen MR) is 131 cm³/mol. The van der Waals surface area contributed by atoms with E-state index in [1.165, 1.54) is 0 Å². The van der Waals surface area contributed by atoms with Gasteiger partial charge in [-0.3, -0.25) is 0 Å². The first-order valence-corrected chi connectivity index (χ1v) is 11.8. The molecule has 0 spiro atoms. The van der Waals surface area contributed by atoms with Gasteiger partial charge in [-0.25, -0.2) is 9.78 Å². The third-order valence-electron chi connectivity index (χ3n) is 5.49. The van der Waals surface area contributed by atoms with Crippen LogP contribution in [-0.4, -0.2) is 29.2 Å². The number of nitrogens with one attached hydrogen (secondary N) is 1. The molecule has 2 aromatic carbocycles. The summed E-state index contributed by atoms with van der Waals surface area (Å²) < 4.78 is 11.3. The van der Waals surface area contributed by atoms with Gasteiger partial charge in [0.05, 0.1) is 30.5 Å². The van der Waals surface area contributed by atoms with Crippen LogP contribution in [0.4, 0.5) is 0 Å². The highest BCUT2D eigenvalue weighted by atomic mass is 16.5. The van der Waals surface area contributed by atoms with E-state index in [1.807, 2.05) is 31.3 Å². The molecule has 0 radical (unpaired) electrons. The number of esters is 1. The number of hydrogen-bond donors (Lipinski definition) is 2. The van der Waals surface area contributed by atoms with Crippen LogP contribution in [0.15, 0.2) is 48.7 Å². The van der Waals surface area contributed by atoms with Gasteiger partial charge < -0.3 is 20.2 Å². The Kier molecular flexibility index (Phi) is 9.24. The Morgan fingerprint density at radius 2 is 1.85 bits per heavy atom. The van der Waals surface area contributed by atoms with Crippen molar-refractivity contribution in [2.45, 2.75) is 52.0 Å². The smallest absolute Gasteiger partial charge is 0.341 e. The molecule has 0 fully saturated rings. The largest absolute Gasteiger partial charge is 0.493 e. The number of imidazole rings is 1. The van der Waals surface area contributed by atoms with E-state index in [9.17, 15) is 4.79 Å². The molecule has 0 saturated heterocycles. The SMILES string of the molecule is CCCCOC(=O)c1cc(C(N)Cc2nc(-c3ccc(C#N)cc3)c[nH]2)ccc1OCCCC. The summed E-state index contributed by atoms with van der Waals surface area (Å²) in [5.74, 6) is 0.865. The normalized spacial score (nSPS) is 11.6. The second kappa shape index (κ2) is 12.6. The maximum Gasteiger partial charge on any atom is 0.341 e. The number of nitriles is 1. The number of hydrogen-bond acceptors (Lipinski definition) is 6. The van der Waals surface area contributed by atoms with Crippen LogP contribution in [-0.2, 0) is 11.2 Å². The minimum atomic E-state index is -0.393. The number of aromatic nitrogens is 2. The van der Waals surface area contributed by atoms with Gasteiger partial charge in [-0.05, 0) is 42.7 Å². The molecular formula is C27H32N4O3. The highest BCUT2D eigenvalue weighted by molar-refractivity contribution is 5.92. The number of nitrogens with two attached hydrogens (primary N) is 1. The van der Waals surface area contributed by atoms with Gasteiger partial charge >= 0.3 is 5.97 Å². The van der Waals surface area contributed by atoms with Crippen molar-refractivity contribution in [3.05, 3.63) is 71.2 Å². The van der Waals surface area contributed by atoms with Gasteiger partial charge in [0, 0.05) is 24.2 Å². The number of unbranched alkanes of at least 4 members (excludes halogenated alkanes) is 2. The van der Waals surface area contributed by atoms with E-state index in [2.05, 4.69) is 23.0 Å². The number of carbonyl (C=O) groups excluding carboxylic acids is 1. The molecule has 1 aromatic heterocycles. The number of ether oxygens (including phenoxy) is 2. The fourth-order valence-corrected chi connectivity index (χ4v) is 3.43. The Hall–Kier alpha value is -3.63. The van der Waals surface area contributed by atoms with Crippen LogP contribution in [0.3, 0.4) is 0 Å². The zero-order valence-electron chi connectivity index (χ0n) is 19.8. The molecule has 3 N–H and O–H groups in total. The van der Waals surface area contributed by atoms with Gasteiger partial charge in [0.1, 0.15) is 17.1 Å². The van der Waals surface area contributed by atoms with Crippen LogP contribution < -0.4 is 10.5 Å². The van der Waals surface area contributed by atoms with E-state index in [1.54, 1.807) is 24.3 Å². The predicted octanol–water partition coefficient (Wildman–Crippen LogP) is 5.33. The maximum absolute atomic E-state index is 12.7. The summed E-state index contributed by atoms with van der Waals surface area (Å²) in [5, 5.41) is 8.97. The third-order valence-corrected chi connectivity index (χ3v) is 5.49. The van der Waals surface area contributed by atoms with Crippen LogP contribution in [0.1, 0.15) is 72.9 Å². The van der Waals surface area contributed by atoms with Crippen LogP contribution >= 0.6 is 0 Å². The minimum Gasteiger partial charge on any atom is -0.493 e. The first-order valence-electron chi connectivity index (χ1n) is 11.8. The summed E-state index contributed by atoms with van der Waals surface area (Å²) in [4.78, 5) is 20.6. The van der Waals surface area contributed by atoms with Gasteiger partial charge in [-0.2, -0.15) is 5.26 Å². The molecular weight excluding hydrogens is 428 g/mol. The molecule has 0 amide bonds. The van der Waals surface area contributed by atoms with Crippen molar-refractivity contribution < 1.29 is 14.3 Å². The van der Waals surface area contributed by atoms with Gasteiger partial charge in [-0.1, -0.05) is 44.9 Å². The lowest BCUT2D eigenvalue weighted by Crippen LogP contribution is -2.16. The average molecular weight is 461 g/mol. The van der Waals surface area contributed by atoms with Crippen molar-refractivity contribution in [3.8, 4) is 23.1 Å². The van der Waals surface area contributed by atoms with Crippen molar-refractivity contribution in [2.24, 2.45) is 5.73 Å². The van der Waals surface area contributed by atoms with Crippen molar-refractivity contribution in [3.63, 3.8) is 0 Å². The van der Waals surface area contributed by atoms with Gasteiger partial charge in [0.25, 0.3) is 0 Å². The van der Waals surface area contributed by atoms with Crippen molar-refractivity contribution in [2.75, 3.05) is 13.2 Å². The van der Waals surface area contributed by atoms with Gasteiger partial charge in [0.15, 0.2) is 0 Å². The second-order valence-corrected chi connectivity index (χ2v) is 8.18. The summed E-state index contributed by atoms with van der Waals surface area (Å²) in [5.41, 5.74) is 10.00. The molecule has 1 atom stereocenters. The Morgan fingerprint density at radius 3 is 2.56 bits per heavy atom. The zero-order chi connectivity index (χ0) is 24.3. The molecule has 1 unspecified atom stereocenters. The first-order chi connectivity index (χ1) is 16.5. The number of carbonyl (C=O) groups is 1. The second-order valence-electron chi connectivity index (χ2n) is 8.18. The van der Waals surface area contributed by atoms with Gasteiger partial charge in [-0.15, -0.1) is 0 Å². The third kappa shape index (κ3) is 6.69. The van der Waals surface area contributed by atoms with Crippen LogP contribution in [0.2, 0.25) is 0 Å². The van der Waals surface area contributed by atoms with Crippen LogP contribution in [0.25, 0.3) is 11.3 Å². The topological polar surface area (TPSA) is 114 Å². The van der Waals surface area contributed by atoms with Crippen LogP contribution in [0, 0.1) is 11.3 Å². The molecule has 3 aromatic rings. The summed E-state index contributed by atoms with van der Waals surface area (Å²) in [6.07, 6.45) is 5.97. The molecule has 7 heteroatoms. The van der Waals surface area contributed by atoms with E-state index in [0.717, 1.165) is 48.3 Å². The monoisotopic (exact) mass is 460 g/mol. The number of rotatable bonds is 12. The Labute approximate surface area is 200 Å². The Bertz CT molecular complexity index is 1120. The summed E-state index contributed by atoms with van der Waals surface area (Å²) in [6, 6.07) is 14.5. The van der Waals surface area contributed by atoms with E-state index in [4.69, 9.17) is 20.5 Å². The first kappa shape index (κ1) is 25.0. The lowest BCUT2D eigenvalue weighted by molar-refractivity contribution is 0.0495. The molecule has 0 saturated carbocycles. The van der Waals surface area contributed by atoms with Crippen molar-refractivity contribution in [1.82, 2.24) is 9.97 Å². The van der Waals surface area contributed by atoms with E-state index in [0.29, 0.717) is 36.5 Å². The number of aromatic amines is 1. The summed E-state index contributed by atoms with van der Waals surface area (Å²) >= 11 is 0. The zero-order valence-corrected chi connectivity index (χ0v) is 19.8. The standard InChI is InChI=1S/C27H32N4O3/c1-3-5-13-33-25-12-11-21(15-22(25)27(32)34-14-6-4-2)23(29)16-26-30-18-24(31-26)20-9-7-19(17-28)8-10-20/h7-12,15,18,23H,3-6,13-14,16,29H2,1-2H3,(H,30,31). The van der Waals surface area contributed by atoms with Crippen molar-refractivity contribution in [1.29, 1.82) is 5.26 Å². The highest BCUT2D eigenvalue weighted by Gasteiger charge is 2.19. The van der Waals surface area contributed by atoms with Crippen molar-refractivity contribution >= 4 is 5.97 Å². The lowest BCUT2D eigenvalue weighted by Gasteiger charge is -2.16. The molecule has 0 aliphatic rings. The Balaban J connectivity index is 1.74. The van der Waals surface area contributed by atoms with E-state index < -0.39 is 5.97 Å². The maximum atomic E-state index is 12.7. The molecule has 3 rings (SSSR count). The van der Waals surface area contributed by atoms with E-state index >= 15 is 0 Å². The average Bonchev–Trinajstić information content (AvgIpc) is 3.32. The quantitative estimate of drug-likeness (QED) is 0.279. The molecule has 0 aliphatic heterocycles. The number of benzene rings is 2. The fraction of sp³-hybridized carbons (Fsp3) is 0.370. The summed E-state index contributed by atoms with van der Waals surface area (Å²) in [6.45, 7) is 5.06. The fourth-order valence-electron chi connectivity index (χ4n) is 3.43. The number of H-pyrrole nitrogens is 1. The molecule has 0 bridgehead atoms. The minimum absolute atomic E-state index is 0.369. The van der Waals surface area contributed by atoms with Crippen LogP contribution in [0.5, 0.6) is 5.75 Å². The lowest BCUT2D eigenvalue weighted by atomic mass is 10.0. The Morgan fingerprint density at radius 1 is 1.12 bits per heavy atom.